The van der Waals surface area contributed by atoms with E-state index in [-0.39, 0.29) is 17.5 Å². The summed E-state index contributed by atoms with van der Waals surface area (Å²) in [5.74, 6) is -0.344. The Morgan fingerprint density at radius 2 is 2.03 bits per heavy atom. The van der Waals surface area contributed by atoms with E-state index in [1.165, 1.54) is 42.4 Å². The number of methoxy groups -OCH3 is 1. The first-order chi connectivity index (χ1) is 16.0. The molecule has 2 unspecified atom stereocenters. The highest BCUT2D eigenvalue weighted by Crippen LogP contribution is 2.36. The molecule has 4 N–H and O–H groups in total. The van der Waals surface area contributed by atoms with Crippen molar-refractivity contribution in [3.8, 4) is 17.0 Å². The zero-order valence-corrected chi connectivity index (χ0v) is 20.0. The maximum Gasteiger partial charge on any atom is 0.332 e. The molecule has 0 aliphatic heterocycles. The quantitative estimate of drug-likeness (QED) is 0.379. The Hall–Kier alpha value is -3.51. The first-order valence-electron chi connectivity index (χ1n) is 10.4. The van der Waals surface area contributed by atoms with E-state index in [0.717, 1.165) is 0 Å². The van der Waals surface area contributed by atoms with E-state index >= 15 is 0 Å². The number of urea groups is 1. The molecule has 2 amide bonds. The van der Waals surface area contributed by atoms with Gasteiger partial charge in [-0.2, -0.15) is 5.10 Å². The number of halogens is 1. The third-order valence-corrected chi connectivity index (χ3v) is 6.13. The molecular weight excluding hydrogens is 463 g/mol. The van der Waals surface area contributed by atoms with Crippen molar-refractivity contribution in [1.82, 2.24) is 19.5 Å². The van der Waals surface area contributed by atoms with Crippen LogP contribution in [0.3, 0.4) is 0 Å². The maximum absolute atomic E-state index is 14.5. The number of anilines is 1. The normalized spacial score (nSPS) is 13.9. The molecule has 0 radical (unpaired) electrons. The molecule has 1 aromatic carbocycles. The Kier molecular flexibility index (Phi) is 7.52. The monoisotopic (exact) mass is 490 g/mol. The summed E-state index contributed by atoms with van der Waals surface area (Å²) in [6.07, 6.45) is 2.27. The van der Waals surface area contributed by atoms with Gasteiger partial charge in [-0.25, -0.2) is 27.9 Å². The zero-order chi connectivity index (χ0) is 25.0. The summed E-state index contributed by atoms with van der Waals surface area (Å²) in [6, 6.07) is 6.26. The summed E-state index contributed by atoms with van der Waals surface area (Å²) < 4.78 is 44.1. The summed E-state index contributed by atoms with van der Waals surface area (Å²) in [6.45, 7) is 5.40. The number of amides is 2. The Morgan fingerprint density at radius 1 is 1.29 bits per heavy atom. The molecule has 0 bridgehead atoms. The molecule has 0 saturated carbocycles. The lowest BCUT2D eigenvalue weighted by atomic mass is 9.94. The average molecular weight is 491 g/mol. The summed E-state index contributed by atoms with van der Waals surface area (Å²) in [7, 11) is -2.35. The number of aliphatic hydroxyl groups excluding tert-OH is 1. The fraction of sp³-hybridized carbons (Fsp3) is 0.318. The number of rotatable bonds is 8. The minimum absolute atomic E-state index is 0.147. The van der Waals surface area contributed by atoms with Crippen LogP contribution >= 0.6 is 0 Å². The van der Waals surface area contributed by atoms with E-state index in [4.69, 9.17) is 9.52 Å². The van der Waals surface area contributed by atoms with Gasteiger partial charge in [0.1, 0.15) is 5.82 Å². The molecule has 2 heterocycles. The highest BCUT2D eigenvalue weighted by atomic mass is 32.2. The third kappa shape index (κ3) is 5.88. The summed E-state index contributed by atoms with van der Waals surface area (Å²) >= 11 is 0. The van der Waals surface area contributed by atoms with Crippen molar-refractivity contribution in [1.29, 1.82) is 4.78 Å². The van der Waals surface area contributed by atoms with Gasteiger partial charge in [-0.3, -0.25) is 4.68 Å². The topological polar surface area (TPSA) is 142 Å². The highest BCUT2D eigenvalue weighted by Gasteiger charge is 2.22. The van der Waals surface area contributed by atoms with Gasteiger partial charge in [0.05, 0.1) is 25.4 Å². The molecule has 0 saturated heterocycles. The predicted octanol–water partition coefficient (Wildman–Crippen LogP) is 3.74. The van der Waals surface area contributed by atoms with Crippen molar-refractivity contribution < 1.29 is 23.2 Å². The highest BCUT2D eigenvalue weighted by molar-refractivity contribution is 7.91. The number of nitrogens with zero attached hydrogens (tertiary/aromatic N) is 3. The van der Waals surface area contributed by atoms with Gasteiger partial charge in [0.15, 0.2) is 14.9 Å². The van der Waals surface area contributed by atoms with E-state index in [1.54, 1.807) is 19.1 Å². The van der Waals surface area contributed by atoms with Gasteiger partial charge in [-0.05, 0) is 48.2 Å². The summed E-state index contributed by atoms with van der Waals surface area (Å²) in [4.78, 5) is 16.9. The van der Waals surface area contributed by atoms with Crippen LogP contribution in [0.5, 0.6) is 5.88 Å². The number of aliphatic hydroxyl groups is 1. The van der Waals surface area contributed by atoms with Crippen LogP contribution in [0, 0.1) is 10.6 Å². The molecular formula is C22H27FN6O4S. The van der Waals surface area contributed by atoms with Gasteiger partial charge < -0.3 is 15.2 Å². The van der Waals surface area contributed by atoms with Crippen LogP contribution in [-0.2, 0) is 16.5 Å². The summed E-state index contributed by atoms with van der Waals surface area (Å²) in [5, 5.41) is 16.0. The molecule has 2 atom stereocenters. The van der Waals surface area contributed by atoms with Crippen LogP contribution < -0.4 is 14.8 Å². The number of nitrogens with one attached hydrogen (secondary N) is 3. The zero-order valence-electron chi connectivity index (χ0n) is 19.2. The minimum atomic E-state index is -3.80. The lowest BCUT2D eigenvalue weighted by Gasteiger charge is -2.19. The largest absolute Gasteiger partial charge is 0.481 e. The van der Waals surface area contributed by atoms with Gasteiger partial charge in [0, 0.05) is 24.0 Å². The van der Waals surface area contributed by atoms with Gasteiger partial charge in [0.25, 0.3) is 0 Å². The van der Waals surface area contributed by atoms with Crippen LogP contribution in [0.25, 0.3) is 11.1 Å². The summed E-state index contributed by atoms with van der Waals surface area (Å²) in [5.41, 5.74) is 1.74. The van der Waals surface area contributed by atoms with Crippen molar-refractivity contribution in [3.05, 3.63) is 54.1 Å². The van der Waals surface area contributed by atoms with Crippen molar-refractivity contribution in [2.24, 2.45) is 0 Å². The van der Waals surface area contributed by atoms with Crippen LogP contribution in [0.1, 0.15) is 32.3 Å². The Balaban J connectivity index is 1.94. The lowest BCUT2D eigenvalue weighted by molar-refractivity contribution is 0.168. The standard InChI is InChI=1S/C22H27FN6O4S/c1-13(2)17-10-16(23)11-18(15-5-7-25-19(9-15)33-4)21(17)26-22(31)28-34(24,32)20-6-8-29(27-20)12-14(3)30/h5-11,13-14,30H,12H2,1-4H3,(H3,24,26,28,31,32). The van der Waals surface area contributed by atoms with E-state index in [0.29, 0.717) is 28.3 Å². The van der Waals surface area contributed by atoms with Crippen LogP contribution in [0.2, 0.25) is 0 Å². The molecule has 10 nitrogen and oxygen atoms in total. The van der Waals surface area contributed by atoms with Gasteiger partial charge in [-0.15, -0.1) is 0 Å². The maximum atomic E-state index is 14.5. The number of carbonyl (C=O) groups excluding carboxylic acids is 1. The first-order valence-corrected chi connectivity index (χ1v) is 12.0. The SMILES string of the molecule is COc1cc(-c2cc(F)cc(C(C)C)c2NC(=O)NS(=N)(=O)c2ccn(CC(C)O)n2)ccn1. The van der Waals surface area contributed by atoms with Crippen molar-refractivity contribution >= 4 is 21.6 Å². The molecule has 0 fully saturated rings. The molecule has 3 rings (SSSR count). The molecule has 12 heteroatoms. The van der Waals surface area contributed by atoms with Crippen molar-refractivity contribution in [2.45, 2.75) is 44.4 Å². The number of pyridine rings is 1. The van der Waals surface area contributed by atoms with Crippen LogP contribution in [-0.4, -0.2) is 43.3 Å². The molecule has 3 aromatic rings. The minimum Gasteiger partial charge on any atom is -0.481 e. The van der Waals surface area contributed by atoms with E-state index in [9.17, 15) is 18.5 Å². The smallest absolute Gasteiger partial charge is 0.332 e. The van der Waals surface area contributed by atoms with E-state index in [1.807, 2.05) is 13.8 Å². The number of ether oxygens (including phenoxy) is 1. The van der Waals surface area contributed by atoms with Gasteiger partial charge in [-0.1, -0.05) is 13.8 Å². The number of carbonyl (C=O) groups is 1. The van der Waals surface area contributed by atoms with Gasteiger partial charge >= 0.3 is 6.03 Å². The molecule has 182 valence electrons. The van der Waals surface area contributed by atoms with Crippen LogP contribution in [0.4, 0.5) is 14.9 Å². The van der Waals surface area contributed by atoms with Crippen molar-refractivity contribution in [2.75, 3.05) is 12.4 Å². The second-order valence-electron chi connectivity index (χ2n) is 8.00. The Labute approximate surface area is 197 Å². The Bertz CT molecular complexity index is 1290. The second-order valence-corrected chi connectivity index (χ2v) is 9.73. The van der Waals surface area contributed by atoms with E-state index < -0.39 is 27.9 Å². The molecule has 0 aliphatic rings. The number of benzene rings is 1. The fourth-order valence-corrected chi connectivity index (χ4v) is 4.22. The number of hydrogen-bond donors (Lipinski definition) is 4. The molecule has 0 aliphatic carbocycles. The van der Waals surface area contributed by atoms with Crippen molar-refractivity contribution in [3.63, 3.8) is 0 Å². The average Bonchev–Trinajstić information content (AvgIpc) is 3.23. The number of aromatic nitrogens is 3. The van der Waals surface area contributed by atoms with E-state index in [2.05, 4.69) is 20.1 Å². The van der Waals surface area contributed by atoms with Gasteiger partial charge in [0.2, 0.25) is 5.88 Å². The molecule has 2 aromatic heterocycles. The fourth-order valence-electron chi connectivity index (χ4n) is 3.33. The molecule has 0 spiro atoms. The second kappa shape index (κ2) is 10.2. The molecule has 34 heavy (non-hydrogen) atoms. The van der Waals surface area contributed by atoms with Crippen LogP contribution in [0.15, 0.2) is 47.8 Å². The lowest BCUT2D eigenvalue weighted by Crippen LogP contribution is -2.34. The first kappa shape index (κ1) is 25.1. The predicted molar refractivity (Wildman–Crippen MR) is 125 cm³/mol. The third-order valence-electron chi connectivity index (χ3n) is 4.85. The number of hydrogen-bond acceptors (Lipinski definition) is 7. The Morgan fingerprint density at radius 3 is 2.68 bits per heavy atom.